The van der Waals surface area contributed by atoms with E-state index < -0.39 is 28.0 Å². The van der Waals surface area contributed by atoms with Gasteiger partial charge in [-0.25, -0.2) is 8.42 Å². The minimum Gasteiger partial charge on any atom is -0.406 e. The van der Waals surface area contributed by atoms with E-state index in [-0.39, 0.29) is 17.0 Å². The number of piperidine rings is 1. The lowest BCUT2D eigenvalue weighted by Crippen LogP contribution is -2.35. The topological polar surface area (TPSA) is 75.7 Å². The quantitative estimate of drug-likeness (QED) is 0.735. The van der Waals surface area contributed by atoms with Crippen LogP contribution in [0.1, 0.15) is 24.8 Å². The number of alkyl halides is 3. The number of carbonyl (C=O) groups excluding carboxylic acids is 1. The molecule has 0 aliphatic carbocycles. The van der Waals surface area contributed by atoms with Crippen molar-refractivity contribution >= 4 is 21.6 Å². The lowest BCUT2D eigenvalue weighted by molar-refractivity contribution is -0.274. The number of rotatable bonds is 6. The van der Waals surface area contributed by atoms with Gasteiger partial charge in [-0.2, -0.15) is 4.31 Å². The Kier molecular flexibility index (Phi) is 6.67. The fourth-order valence-corrected chi connectivity index (χ4v) is 4.71. The van der Waals surface area contributed by atoms with Crippen molar-refractivity contribution in [3.05, 3.63) is 54.1 Å². The van der Waals surface area contributed by atoms with E-state index in [2.05, 4.69) is 10.1 Å². The number of benzene rings is 2. The molecular weight excluding hydrogens is 421 g/mol. The van der Waals surface area contributed by atoms with Gasteiger partial charge in [0.25, 0.3) is 0 Å². The molecule has 1 aliphatic rings. The first kappa shape index (κ1) is 22.1. The van der Waals surface area contributed by atoms with E-state index in [1.165, 1.54) is 28.6 Å². The molecule has 0 atom stereocenters. The molecule has 1 aliphatic heterocycles. The van der Waals surface area contributed by atoms with Crippen LogP contribution in [-0.2, 0) is 21.2 Å². The molecule has 2 aromatic rings. The summed E-state index contributed by atoms with van der Waals surface area (Å²) in [5.74, 6) is -0.890. The van der Waals surface area contributed by atoms with E-state index in [0.29, 0.717) is 18.7 Å². The number of hydrogen-bond acceptors (Lipinski definition) is 4. The number of amides is 1. The zero-order chi connectivity index (χ0) is 21.8. The Balaban J connectivity index is 1.62. The van der Waals surface area contributed by atoms with Gasteiger partial charge in [0, 0.05) is 24.8 Å². The van der Waals surface area contributed by atoms with Gasteiger partial charge < -0.3 is 10.1 Å². The zero-order valence-electron chi connectivity index (χ0n) is 16.0. The number of anilines is 1. The smallest absolute Gasteiger partial charge is 0.406 e. The van der Waals surface area contributed by atoms with Crippen LogP contribution in [0.4, 0.5) is 18.9 Å². The first-order chi connectivity index (χ1) is 14.1. The van der Waals surface area contributed by atoms with Gasteiger partial charge in [0.15, 0.2) is 0 Å². The Labute approximate surface area is 172 Å². The molecule has 10 heteroatoms. The monoisotopic (exact) mass is 442 g/mol. The molecule has 1 amide bonds. The molecule has 1 N–H and O–H groups in total. The molecule has 1 fully saturated rings. The fraction of sp³-hybridized carbons (Fsp3) is 0.350. The van der Waals surface area contributed by atoms with Crippen molar-refractivity contribution < 1.29 is 31.1 Å². The van der Waals surface area contributed by atoms with E-state index in [9.17, 15) is 26.4 Å². The van der Waals surface area contributed by atoms with E-state index >= 15 is 0 Å². The molecule has 1 heterocycles. The SMILES string of the molecule is O=C(Cc1ccc(S(=O)(=O)N2CCCCC2)cc1)Nc1cccc(OC(F)(F)F)c1. The Hall–Kier alpha value is -2.59. The molecule has 0 saturated carbocycles. The van der Waals surface area contributed by atoms with Crippen molar-refractivity contribution in [2.24, 2.45) is 0 Å². The summed E-state index contributed by atoms with van der Waals surface area (Å²) in [5.41, 5.74) is 0.735. The minimum atomic E-state index is -4.82. The number of nitrogens with one attached hydrogen (secondary N) is 1. The van der Waals surface area contributed by atoms with Crippen molar-refractivity contribution in [2.45, 2.75) is 36.9 Å². The second kappa shape index (κ2) is 9.05. The molecule has 0 radical (unpaired) electrons. The van der Waals surface area contributed by atoms with Gasteiger partial charge >= 0.3 is 6.36 Å². The standard InChI is InChI=1S/C20H21F3N2O4S/c21-20(22,23)29-17-6-4-5-16(14-17)24-19(26)13-15-7-9-18(10-8-15)30(27,28)25-11-2-1-3-12-25/h4-10,14H,1-3,11-13H2,(H,24,26). The Bertz CT molecular complexity index is 986. The second-order valence-corrected chi connectivity index (χ2v) is 8.85. The van der Waals surface area contributed by atoms with Gasteiger partial charge in [0.05, 0.1) is 11.3 Å². The average Bonchev–Trinajstić information content (AvgIpc) is 2.68. The predicted octanol–water partition coefficient (Wildman–Crippen LogP) is 3.94. The normalized spacial score (nSPS) is 15.6. The van der Waals surface area contributed by atoms with Crippen molar-refractivity contribution in [3.63, 3.8) is 0 Å². The first-order valence-electron chi connectivity index (χ1n) is 9.38. The highest BCUT2D eigenvalue weighted by atomic mass is 32.2. The van der Waals surface area contributed by atoms with Gasteiger partial charge in [-0.1, -0.05) is 24.6 Å². The predicted molar refractivity (Wildman–Crippen MR) is 105 cm³/mol. The summed E-state index contributed by atoms with van der Waals surface area (Å²) in [5, 5.41) is 2.50. The number of hydrogen-bond donors (Lipinski definition) is 1. The molecule has 2 aromatic carbocycles. The Morgan fingerprint density at radius 3 is 2.33 bits per heavy atom. The molecule has 0 bridgehead atoms. The van der Waals surface area contributed by atoms with Gasteiger partial charge in [-0.15, -0.1) is 13.2 Å². The van der Waals surface area contributed by atoms with Crippen molar-refractivity contribution in [1.29, 1.82) is 0 Å². The lowest BCUT2D eigenvalue weighted by Gasteiger charge is -2.25. The number of ether oxygens (including phenoxy) is 1. The van der Waals surface area contributed by atoms with Gasteiger partial charge in [0.1, 0.15) is 5.75 Å². The first-order valence-corrected chi connectivity index (χ1v) is 10.8. The van der Waals surface area contributed by atoms with Crippen LogP contribution in [0.15, 0.2) is 53.4 Å². The van der Waals surface area contributed by atoms with Gasteiger partial charge in [-0.05, 0) is 42.7 Å². The third kappa shape index (κ3) is 5.96. The molecular formula is C20H21F3N2O4S. The number of halogens is 3. The van der Waals surface area contributed by atoms with E-state index in [0.717, 1.165) is 31.4 Å². The molecule has 3 rings (SSSR count). The maximum absolute atomic E-state index is 12.6. The average molecular weight is 442 g/mol. The fourth-order valence-electron chi connectivity index (χ4n) is 3.20. The summed E-state index contributed by atoms with van der Waals surface area (Å²) in [7, 11) is -3.55. The largest absolute Gasteiger partial charge is 0.573 e. The summed E-state index contributed by atoms with van der Waals surface area (Å²) < 4.78 is 67.5. The van der Waals surface area contributed by atoms with Crippen molar-refractivity contribution in [1.82, 2.24) is 4.31 Å². The molecule has 6 nitrogen and oxygen atoms in total. The highest BCUT2D eigenvalue weighted by Crippen LogP contribution is 2.25. The third-order valence-corrected chi connectivity index (χ3v) is 6.51. The second-order valence-electron chi connectivity index (χ2n) is 6.91. The summed E-state index contributed by atoms with van der Waals surface area (Å²) >= 11 is 0. The van der Waals surface area contributed by atoms with Crippen LogP contribution < -0.4 is 10.1 Å². The van der Waals surface area contributed by atoms with Crippen LogP contribution in [0, 0.1) is 0 Å². The molecule has 0 spiro atoms. The van der Waals surface area contributed by atoms with Crippen molar-refractivity contribution in [3.8, 4) is 5.75 Å². The molecule has 162 valence electrons. The number of carbonyl (C=O) groups is 1. The highest BCUT2D eigenvalue weighted by molar-refractivity contribution is 7.89. The van der Waals surface area contributed by atoms with E-state index in [1.807, 2.05) is 0 Å². The van der Waals surface area contributed by atoms with Gasteiger partial charge in [-0.3, -0.25) is 4.79 Å². The van der Waals surface area contributed by atoms with Crippen LogP contribution in [0.3, 0.4) is 0 Å². The van der Waals surface area contributed by atoms with Crippen LogP contribution in [-0.4, -0.2) is 38.1 Å². The molecule has 0 aromatic heterocycles. The van der Waals surface area contributed by atoms with E-state index in [1.54, 1.807) is 12.1 Å². The maximum Gasteiger partial charge on any atom is 0.573 e. The van der Waals surface area contributed by atoms with Crippen LogP contribution in [0.5, 0.6) is 5.75 Å². The summed E-state index contributed by atoms with van der Waals surface area (Å²) in [6.45, 7) is 1.01. The maximum atomic E-state index is 12.6. The minimum absolute atomic E-state index is 0.0611. The summed E-state index contributed by atoms with van der Waals surface area (Å²) in [6, 6.07) is 11.0. The zero-order valence-corrected chi connectivity index (χ0v) is 16.8. The van der Waals surface area contributed by atoms with Crippen LogP contribution in [0.25, 0.3) is 0 Å². The molecule has 1 saturated heterocycles. The lowest BCUT2D eigenvalue weighted by atomic mass is 10.1. The highest BCUT2D eigenvalue weighted by Gasteiger charge is 2.31. The number of nitrogens with zero attached hydrogens (tertiary/aromatic N) is 1. The van der Waals surface area contributed by atoms with Crippen LogP contribution >= 0.6 is 0 Å². The Morgan fingerprint density at radius 2 is 1.70 bits per heavy atom. The van der Waals surface area contributed by atoms with Crippen molar-refractivity contribution in [2.75, 3.05) is 18.4 Å². The molecule has 0 unspecified atom stereocenters. The van der Waals surface area contributed by atoms with Gasteiger partial charge in [0.2, 0.25) is 15.9 Å². The van der Waals surface area contributed by atoms with E-state index in [4.69, 9.17) is 0 Å². The van der Waals surface area contributed by atoms with Crippen LogP contribution in [0.2, 0.25) is 0 Å². The number of sulfonamides is 1. The Morgan fingerprint density at radius 1 is 1.03 bits per heavy atom. The summed E-state index contributed by atoms with van der Waals surface area (Å²) in [6.07, 6.45) is -2.18. The third-order valence-electron chi connectivity index (χ3n) is 4.59. The summed E-state index contributed by atoms with van der Waals surface area (Å²) in [4.78, 5) is 12.4. The molecule has 30 heavy (non-hydrogen) atoms.